The predicted octanol–water partition coefficient (Wildman–Crippen LogP) is 2.78. The van der Waals surface area contributed by atoms with Crippen molar-refractivity contribution >= 4 is 11.7 Å². The fraction of sp³-hybridized carbons (Fsp3) is 0.462. The third-order valence-corrected chi connectivity index (χ3v) is 2.39. The molecule has 17 heavy (non-hydrogen) atoms. The summed E-state index contributed by atoms with van der Waals surface area (Å²) in [6.45, 7) is 6.24. The molecule has 1 aromatic rings. The summed E-state index contributed by atoms with van der Waals surface area (Å²) in [6, 6.07) is 4.66. The number of carboxylic acids is 1. The topological polar surface area (TPSA) is 72.5 Å². The first-order valence-corrected chi connectivity index (χ1v) is 5.69. The summed E-state index contributed by atoms with van der Waals surface area (Å²) in [5.41, 5.74) is 5.97. The normalized spacial score (nSPS) is 12.5. The summed E-state index contributed by atoms with van der Waals surface area (Å²) in [4.78, 5) is 10.8. The zero-order valence-corrected chi connectivity index (χ0v) is 10.4. The number of ether oxygens (including phenoxy) is 1. The highest BCUT2D eigenvalue weighted by Crippen LogP contribution is 2.22. The molecule has 0 aliphatic rings. The molecule has 1 aromatic carbocycles. The van der Waals surface area contributed by atoms with Gasteiger partial charge in [-0.1, -0.05) is 13.8 Å². The first kappa shape index (κ1) is 13.4. The van der Waals surface area contributed by atoms with E-state index in [1.165, 1.54) is 6.07 Å². The van der Waals surface area contributed by atoms with Crippen LogP contribution in [0.2, 0.25) is 0 Å². The van der Waals surface area contributed by atoms with Crippen LogP contribution in [0.3, 0.4) is 0 Å². The van der Waals surface area contributed by atoms with Crippen molar-refractivity contribution in [3.8, 4) is 5.75 Å². The molecule has 0 heterocycles. The Balaban J connectivity index is 2.74. The minimum atomic E-state index is -1.02. The second-order valence-corrected chi connectivity index (χ2v) is 4.61. The van der Waals surface area contributed by atoms with Gasteiger partial charge in [-0.15, -0.1) is 0 Å². The molecule has 1 rings (SSSR count). The van der Waals surface area contributed by atoms with Crippen molar-refractivity contribution in [2.75, 3.05) is 5.73 Å². The summed E-state index contributed by atoms with van der Waals surface area (Å²) in [6.07, 6.45) is 1.03. The lowest BCUT2D eigenvalue weighted by molar-refractivity contribution is 0.0698. The van der Waals surface area contributed by atoms with Gasteiger partial charge in [-0.25, -0.2) is 4.79 Å². The minimum absolute atomic E-state index is 0.0880. The first-order valence-electron chi connectivity index (χ1n) is 5.69. The highest BCUT2D eigenvalue weighted by Gasteiger charge is 2.11. The maximum atomic E-state index is 10.8. The Morgan fingerprint density at radius 1 is 1.41 bits per heavy atom. The van der Waals surface area contributed by atoms with Crippen molar-refractivity contribution in [3.05, 3.63) is 23.8 Å². The quantitative estimate of drug-likeness (QED) is 0.772. The van der Waals surface area contributed by atoms with Crippen molar-refractivity contribution in [2.45, 2.75) is 33.3 Å². The van der Waals surface area contributed by atoms with Gasteiger partial charge in [0.15, 0.2) is 0 Å². The van der Waals surface area contributed by atoms with Crippen LogP contribution in [0, 0.1) is 5.92 Å². The molecule has 4 heteroatoms. The SMILES string of the molecule is CC(C)CC(C)Oc1ccc(C(=O)O)c(N)c1. The van der Waals surface area contributed by atoms with Crippen LogP contribution in [-0.2, 0) is 0 Å². The van der Waals surface area contributed by atoms with Crippen LogP contribution in [0.25, 0.3) is 0 Å². The molecule has 0 radical (unpaired) electrons. The van der Waals surface area contributed by atoms with Gasteiger partial charge in [0.25, 0.3) is 0 Å². The third-order valence-electron chi connectivity index (χ3n) is 2.39. The Morgan fingerprint density at radius 2 is 2.06 bits per heavy atom. The lowest BCUT2D eigenvalue weighted by Gasteiger charge is -2.17. The molecule has 0 amide bonds. The van der Waals surface area contributed by atoms with Gasteiger partial charge in [0, 0.05) is 11.8 Å². The average molecular weight is 237 g/mol. The maximum Gasteiger partial charge on any atom is 0.337 e. The Bertz CT molecular complexity index is 402. The van der Waals surface area contributed by atoms with Crippen molar-refractivity contribution in [2.24, 2.45) is 5.92 Å². The van der Waals surface area contributed by atoms with Crippen LogP contribution in [0.4, 0.5) is 5.69 Å². The number of benzene rings is 1. The molecule has 94 valence electrons. The molecule has 4 nitrogen and oxygen atoms in total. The predicted molar refractivity (Wildman–Crippen MR) is 67.4 cm³/mol. The number of anilines is 1. The van der Waals surface area contributed by atoms with Gasteiger partial charge in [0.2, 0.25) is 0 Å². The van der Waals surface area contributed by atoms with E-state index in [2.05, 4.69) is 13.8 Å². The molecule has 0 bridgehead atoms. The van der Waals surface area contributed by atoms with Crippen molar-refractivity contribution in [1.29, 1.82) is 0 Å². The Labute approximate surface area is 101 Å². The van der Waals surface area contributed by atoms with Crippen LogP contribution in [0.5, 0.6) is 5.75 Å². The Morgan fingerprint density at radius 3 is 2.53 bits per heavy atom. The van der Waals surface area contributed by atoms with E-state index in [-0.39, 0.29) is 17.4 Å². The standard InChI is InChI=1S/C13H19NO3/c1-8(2)6-9(3)17-10-4-5-11(13(15)16)12(14)7-10/h4-5,7-9H,6,14H2,1-3H3,(H,15,16). The third kappa shape index (κ3) is 3.98. The number of nitrogens with two attached hydrogens (primary N) is 1. The van der Waals surface area contributed by atoms with Crippen LogP contribution in [0.1, 0.15) is 37.6 Å². The second kappa shape index (κ2) is 5.57. The molecule has 0 saturated heterocycles. The maximum absolute atomic E-state index is 10.8. The summed E-state index contributed by atoms with van der Waals surface area (Å²) in [5.74, 6) is 0.144. The van der Waals surface area contributed by atoms with Crippen molar-refractivity contribution < 1.29 is 14.6 Å². The smallest absolute Gasteiger partial charge is 0.337 e. The zero-order valence-electron chi connectivity index (χ0n) is 10.4. The number of nitrogen functional groups attached to an aromatic ring is 1. The number of rotatable bonds is 5. The number of hydrogen-bond donors (Lipinski definition) is 2. The fourth-order valence-electron chi connectivity index (χ4n) is 1.75. The molecule has 0 spiro atoms. The van der Waals surface area contributed by atoms with Crippen LogP contribution in [-0.4, -0.2) is 17.2 Å². The number of carboxylic acid groups (broad SMARTS) is 1. The lowest BCUT2D eigenvalue weighted by Crippen LogP contribution is -2.14. The second-order valence-electron chi connectivity index (χ2n) is 4.61. The largest absolute Gasteiger partial charge is 0.491 e. The molecule has 0 fully saturated rings. The highest BCUT2D eigenvalue weighted by molar-refractivity contribution is 5.93. The molecule has 3 N–H and O–H groups in total. The highest BCUT2D eigenvalue weighted by atomic mass is 16.5. The summed E-state index contributed by atoms with van der Waals surface area (Å²) in [7, 11) is 0. The number of hydrogen-bond acceptors (Lipinski definition) is 3. The van der Waals surface area contributed by atoms with E-state index < -0.39 is 5.97 Å². The molecule has 1 atom stereocenters. The van der Waals surface area contributed by atoms with Crippen LogP contribution < -0.4 is 10.5 Å². The van der Waals surface area contributed by atoms with Gasteiger partial charge in [-0.05, 0) is 31.4 Å². The monoisotopic (exact) mass is 237 g/mol. The first-order chi connectivity index (χ1) is 7.90. The van der Waals surface area contributed by atoms with Gasteiger partial charge < -0.3 is 15.6 Å². The summed E-state index contributed by atoms with van der Waals surface area (Å²) < 4.78 is 5.67. The van der Waals surface area contributed by atoms with E-state index in [4.69, 9.17) is 15.6 Å². The Kier molecular flexibility index (Phi) is 4.37. The van der Waals surface area contributed by atoms with Gasteiger partial charge in [-0.3, -0.25) is 0 Å². The van der Waals surface area contributed by atoms with Crippen molar-refractivity contribution in [1.82, 2.24) is 0 Å². The van der Waals surface area contributed by atoms with Gasteiger partial charge in [0.05, 0.1) is 11.7 Å². The van der Waals surface area contributed by atoms with Gasteiger partial charge >= 0.3 is 5.97 Å². The van der Waals surface area contributed by atoms with Crippen LogP contribution >= 0.6 is 0 Å². The van der Waals surface area contributed by atoms with E-state index >= 15 is 0 Å². The van der Waals surface area contributed by atoms with E-state index in [9.17, 15) is 4.79 Å². The average Bonchev–Trinajstić information content (AvgIpc) is 2.15. The molecule has 0 aliphatic heterocycles. The van der Waals surface area contributed by atoms with Gasteiger partial charge in [-0.2, -0.15) is 0 Å². The molecular weight excluding hydrogens is 218 g/mol. The zero-order chi connectivity index (χ0) is 13.0. The fourth-order valence-corrected chi connectivity index (χ4v) is 1.75. The molecule has 0 saturated carbocycles. The molecule has 0 aromatic heterocycles. The number of aromatic carboxylic acids is 1. The van der Waals surface area contributed by atoms with Crippen LogP contribution in [0.15, 0.2) is 18.2 Å². The van der Waals surface area contributed by atoms with Crippen molar-refractivity contribution in [3.63, 3.8) is 0 Å². The van der Waals surface area contributed by atoms with E-state index in [1.807, 2.05) is 6.92 Å². The van der Waals surface area contributed by atoms with E-state index in [0.29, 0.717) is 11.7 Å². The molecular formula is C13H19NO3. The van der Waals surface area contributed by atoms with E-state index in [0.717, 1.165) is 6.42 Å². The Hall–Kier alpha value is -1.71. The van der Waals surface area contributed by atoms with Gasteiger partial charge in [0.1, 0.15) is 5.75 Å². The summed E-state index contributed by atoms with van der Waals surface area (Å²) in [5, 5.41) is 8.84. The molecule has 1 unspecified atom stereocenters. The number of carbonyl (C=O) groups is 1. The summed E-state index contributed by atoms with van der Waals surface area (Å²) >= 11 is 0. The van der Waals surface area contributed by atoms with E-state index in [1.54, 1.807) is 12.1 Å². The molecule has 0 aliphatic carbocycles. The lowest BCUT2D eigenvalue weighted by atomic mass is 10.1. The minimum Gasteiger partial charge on any atom is -0.491 e.